The lowest BCUT2D eigenvalue weighted by atomic mass is 10.2. The largest absolute Gasteiger partial charge is 0.497 e. The first-order valence-corrected chi connectivity index (χ1v) is 7.29. The summed E-state index contributed by atoms with van der Waals surface area (Å²) in [6.45, 7) is 4.17. The minimum absolute atomic E-state index is 0.290. The van der Waals surface area contributed by atoms with E-state index < -0.39 is 0 Å². The van der Waals surface area contributed by atoms with Crippen LogP contribution in [-0.4, -0.2) is 26.3 Å². The number of aryl methyl sites for hydroxylation is 1. The van der Waals surface area contributed by atoms with Crippen molar-refractivity contribution in [2.45, 2.75) is 19.9 Å². The average Bonchev–Trinajstić information content (AvgIpc) is 2.87. The summed E-state index contributed by atoms with van der Waals surface area (Å²) < 4.78 is 10.7. The highest BCUT2D eigenvalue weighted by Gasteiger charge is 2.17. The van der Waals surface area contributed by atoms with Crippen LogP contribution in [0.4, 0.5) is 0 Å². The molecule has 0 bridgehead atoms. The van der Waals surface area contributed by atoms with E-state index >= 15 is 0 Å². The maximum absolute atomic E-state index is 5.43. The molecule has 0 radical (unpaired) electrons. The van der Waals surface area contributed by atoms with Crippen LogP contribution >= 0.6 is 11.3 Å². The van der Waals surface area contributed by atoms with Gasteiger partial charge in [-0.3, -0.25) is 0 Å². The molecular formula is C15H20N2O2S. The Morgan fingerprint density at radius 1 is 1.25 bits per heavy atom. The van der Waals surface area contributed by atoms with E-state index in [-0.39, 0.29) is 6.04 Å². The zero-order valence-electron chi connectivity index (χ0n) is 12.5. The van der Waals surface area contributed by atoms with E-state index in [4.69, 9.17) is 9.47 Å². The summed E-state index contributed by atoms with van der Waals surface area (Å²) in [5, 5.41) is 4.21. The van der Waals surface area contributed by atoms with Gasteiger partial charge in [-0.25, -0.2) is 4.98 Å². The molecule has 108 valence electrons. The Bertz CT molecular complexity index is 596. The van der Waals surface area contributed by atoms with Crippen LogP contribution in [0.25, 0.3) is 10.6 Å². The van der Waals surface area contributed by atoms with Gasteiger partial charge in [-0.2, -0.15) is 0 Å². The fraction of sp³-hybridized carbons (Fsp3) is 0.400. The Labute approximate surface area is 123 Å². The smallest absolute Gasteiger partial charge is 0.129 e. The number of hydrogen-bond acceptors (Lipinski definition) is 5. The van der Waals surface area contributed by atoms with Crippen molar-refractivity contribution in [1.82, 2.24) is 10.3 Å². The maximum Gasteiger partial charge on any atom is 0.129 e. The quantitative estimate of drug-likeness (QED) is 0.917. The summed E-state index contributed by atoms with van der Waals surface area (Å²) in [6, 6.07) is 6.05. The molecule has 2 aromatic rings. The van der Waals surface area contributed by atoms with Crippen molar-refractivity contribution in [2.24, 2.45) is 0 Å². The van der Waals surface area contributed by atoms with Crippen LogP contribution in [0, 0.1) is 6.92 Å². The molecule has 2 rings (SSSR count). The van der Waals surface area contributed by atoms with Crippen LogP contribution in [-0.2, 0) is 0 Å². The van der Waals surface area contributed by atoms with Gasteiger partial charge in [0.15, 0.2) is 0 Å². The van der Waals surface area contributed by atoms with Crippen molar-refractivity contribution in [1.29, 1.82) is 0 Å². The van der Waals surface area contributed by atoms with Crippen molar-refractivity contribution < 1.29 is 9.47 Å². The molecule has 4 nitrogen and oxygen atoms in total. The Balaban J connectivity index is 2.50. The summed E-state index contributed by atoms with van der Waals surface area (Å²) >= 11 is 1.68. The Hall–Kier alpha value is -1.59. The van der Waals surface area contributed by atoms with Gasteiger partial charge in [-0.1, -0.05) is 0 Å². The molecule has 0 amide bonds. The van der Waals surface area contributed by atoms with Crippen molar-refractivity contribution >= 4 is 11.3 Å². The fourth-order valence-corrected chi connectivity index (χ4v) is 3.19. The van der Waals surface area contributed by atoms with E-state index in [0.717, 1.165) is 27.8 Å². The minimum atomic E-state index is 0.290. The van der Waals surface area contributed by atoms with E-state index in [0.29, 0.717) is 0 Å². The molecule has 1 aromatic carbocycles. The second-order valence-electron chi connectivity index (χ2n) is 4.55. The molecule has 1 aromatic heterocycles. The second kappa shape index (κ2) is 6.24. The number of rotatable bonds is 5. The summed E-state index contributed by atoms with van der Waals surface area (Å²) in [5.41, 5.74) is 2.02. The number of benzene rings is 1. The highest BCUT2D eigenvalue weighted by atomic mass is 32.1. The Morgan fingerprint density at radius 3 is 2.60 bits per heavy atom. The first-order valence-electron chi connectivity index (χ1n) is 6.47. The number of thiazole rings is 1. The Morgan fingerprint density at radius 2 is 2.00 bits per heavy atom. The summed E-state index contributed by atoms with van der Waals surface area (Å²) in [7, 11) is 5.28. The molecular weight excluding hydrogens is 272 g/mol. The molecule has 0 aliphatic rings. The zero-order chi connectivity index (χ0) is 14.7. The van der Waals surface area contributed by atoms with Crippen LogP contribution in [0.1, 0.15) is 23.5 Å². The van der Waals surface area contributed by atoms with Gasteiger partial charge in [-0.05, 0) is 39.1 Å². The number of nitrogens with zero attached hydrogens (tertiary/aromatic N) is 1. The van der Waals surface area contributed by atoms with Crippen molar-refractivity contribution in [2.75, 3.05) is 21.3 Å². The fourth-order valence-electron chi connectivity index (χ4n) is 2.04. The maximum atomic E-state index is 5.43. The molecule has 0 aliphatic heterocycles. The van der Waals surface area contributed by atoms with E-state index in [9.17, 15) is 0 Å². The molecule has 0 spiro atoms. The van der Waals surface area contributed by atoms with Crippen molar-refractivity contribution in [3.05, 3.63) is 28.8 Å². The van der Waals surface area contributed by atoms with Crippen molar-refractivity contribution in [3.63, 3.8) is 0 Å². The van der Waals surface area contributed by atoms with E-state index in [1.807, 2.05) is 32.2 Å². The molecule has 1 atom stereocenters. The highest BCUT2D eigenvalue weighted by molar-refractivity contribution is 7.15. The SMILES string of the molecule is CNC(C)c1sc(-c2cc(OC)ccc2OC)nc1C. The standard InChI is InChI=1S/C15H20N2O2S/c1-9(16-3)14-10(2)17-15(20-14)12-8-11(18-4)6-7-13(12)19-5/h6-9,16H,1-5H3. The van der Waals surface area contributed by atoms with E-state index in [2.05, 4.69) is 17.2 Å². The highest BCUT2D eigenvalue weighted by Crippen LogP contribution is 2.38. The zero-order valence-corrected chi connectivity index (χ0v) is 13.3. The summed E-state index contributed by atoms with van der Waals surface area (Å²) in [5.74, 6) is 1.61. The predicted molar refractivity (Wildman–Crippen MR) is 82.9 cm³/mol. The van der Waals surface area contributed by atoms with Gasteiger partial charge in [0.2, 0.25) is 0 Å². The number of methoxy groups -OCH3 is 2. The van der Waals surface area contributed by atoms with Gasteiger partial charge in [0.25, 0.3) is 0 Å². The van der Waals surface area contributed by atoms with Gasteiger partial charge >= 0.3 is 0 Å². The summed E-state index contributed by atoms with van der Waals surface area (Å²) in [6.07, 6.45) is 0. The van der Waals surface area contributed by atoms with Crippen LogP contribution < -0.4 is 14.8 Å². The van der Waals surface area contributed by atoms with Gasteiger partial charge in [0, 0.05) is 10.9 Å². The molecule has 1 unspecified atom stereocenters. The molecule has 1 heterocycles. The number of nitrogens with one attached hydrogen (secondary N) is 1. The van der Waals surface area contributed by atoms with Crippen LogP contribution in [0.5, 0.6) is 11.5 Å². The normalized spacial score (nSPS) is 12.2. The molecule has 0 aliphatic carbocycles. The van der Waals surface area contributed by atoms with Crippen molar-refractivity contribution in [3.8, 4) is 22.1 Å². The second-order valence-corrected chi connectivity index (χ2v) is 5.58. The number of hydrogen-bond donors (Lipinski definition) is 1. The minimum Gasteiger partial charge on any atom is -0.497 e. The third-order valence-corrected chi connectivity index (χ3v) is 4.67. The van der Waals surface area contributed by atoms with E-state index in [1.165, 1.54) is 4.88 Å². The topological polar surface area (TPSA) is 43.4 Å². The third-order valence-electron chi connectivity index (χ3n) is 3.30. The molecule has 1 N–H and O–H groups in total. The lowest BCUT2D eigenvalue weighted by molar-refractivity contribution is 0.404. The van der Waals surface area contributed by atoms with E-state index in [1.54, 1.807) is 25.6 Å². The third kappa shape index (κ3) is 2.78. The first kappa shape index (κ1) is 14.8. The van der Waals surface area contributed by atoms with Crippen LogP contribution in [0.2, 0.25) is 0 Å². The van der Waals surface area contributed by atoms with Gasteiger partial charge in [0.1, 0.15) is 16.5 Å². The lowest BCUT2D eigenvalue weighted by Gasteiger charge is -2.08. The van der Waals surface area contributed by atoms with Gasteiger partial charge in [-0.15, -0.1) is 11.3 Å². The molecule has 0 saturated heterocycles. The number of ether oxygens (including phenoxy) is 2. The molecule has 0 fully saturated rings. The monoisotopic (exact) mass is 292 g/mol. The lowest BCUT2D eigenvalue weighted by Crippen LogP contribution is -2.11. The molecule has 20 heavy (non-hydrogen) atoms. The van der Waals surface area contributed by atoms with Crippen LogP contribution in [0.3, 0.4) is 0 Å². The number of aromatic nitrogens is 1. The summed E-state index contributed by atoms with van der Waals surface area (Å²) in [4.78, 5) is 5.92. The first-order chi connectivity index (χ1) is 9.60. The van der Waals surface area contributed by atoms with Gasteiger partial charge < -0.3 is 14.8 Å². The molecule has 0 saturated carbocycles. The predicted octanol–water partition coefficient (Wildman–Crippen LogP) is 3.42. The van der Waals surface area contributed by atoms with Gasteiger partial charge in [0.05, 0.1) is 25.5 Å². The Kier molecular flexibility index (Phi) is 4.62. The average molecular weight is 292 g/mol. The van der Waals surface area contributed by atoms with Crippen LogP contribution in [0.15, 0.2) is 18.2 Å². The molecule has 5 heteroatoms.